The van der Waals surface area contributed by atoms with Crippen molar-refractivity contribution >= 4 is 5.91 Å². The van der Waals surface area contributed by atoms with Gasteiger partial charge >= 0.3 is 0 Å². The molecule has 17 heavy (non-hydrogen) atoms. The van der Waals surface area contributed by atoms with Crippen molar-refractivity contribution in [2.75, 3.05) is 6.54 Å². The molecule has 2 N–H and O–H groups in total. The molecule has 0 aliphatic carbocycles. The molecule has 1 rings (SSSR count). The molecule has 1 aromatic rings. The number of hydrogen-bond donors (Lipinski definition) is 2. The highest BCUT2D eigenvalue weighted by Gasteiger charge is 2.22. The number of nitrogens with zero attached hydrogens (tertiary/aromatic N) is 3. The topological polar surface area (TPSA) is 80.0 Å². The Balaban J connectivity index is 2.26. The maximum absolute atomic E-state index is 11.5. The maximum atomic E-state index is 11.5. The molecule has 1 aromatic heterocycles. The van der Waals surface area contributed by atoms with E-state index in [9.17, 15) is 9.90 Å². The minimum atomic E-state index is -0.789. The second-order valence-electron chi connectivity index (χ2n) is 4.12. The quantitative estimate of drug-likeness (QED) is 0.720. The van der Waals surface area contributed by atoms with E-state index in [1.54, 1.807) is 17.1 Å². The minimum absolute atomic E-state index is 0.0826. The molecule has 1 heterocycles. The number of amides is 1. The van der Waals surface area contributed by atoms with Crippen molar-refractivity contribution < 1.29 is 9.90 Å². The van der Waals surface area contributed by atoms with Crippen LogP contribution in [0.25, 0.3) is 0 Å². The van der Waals surface area contributed by atoms with Crippen molar-refractivity contribution in [1.29, 1.82) is 0 Å². The molecule has 0 aliphatic rings. The van der Waals surface area contributed by atoms with Gasteiger partial charge in [-0.3, -0.25) is 9.48 Å². The lowest BCUT2D eigenvalue weighted by molar-refractivity contribution is -0.122. The van der Waals surface area contributed by atoms with E-state index < -0.39 is 5.60 Å². The van der Waals surface area contributed by atoms with Crippen molar-refractivity contribution in [1.82, 2.24) is 20.3 Å². The fraction of sp³-hybridized carbons (Fsp3) is 0.727. The van der Waals surface area contributed by atoms with E-state index >= 15 is 0 Å². The van der Waals surface area contributed by atoms with E-state index in [2.05, 4.69) is 15.6 Å². The van der Waals surface area contributed by atoms with E-state index in [0.29, 0.717) is 32.4 Å². The van der Waals surface area contributed by atoms with E-state index in [4.69, 9.17) is 0 Å². The normalized spacial score (nSPS) is 11.5. The molecule has 0 spiro atoms. The van der Waals surface area contributed by atoms with Crippen LogP contribution in [0.15, 0.2) is 12.4 Å². The zero-order valence-corrected chi connectivity index (χ0v) is 10.4. The lowest BCUT2D eigenvalue weighted by Crippen LogP contribution is -2.42. The summed E-state index contributed by atoms with van der Waals surface area (Å²) >= 11 is 0. The zero-order chi connectivity index (χ0) is 12.7. The monoisotopic (exact) mass is 240 g/mol. The Morgan fingerprint density at radius 3 is 2.71 bits per heavy atom. The third-order valence-corrected chi connectivity index (χ3v) is 2.97. The number of rotatable bonds is 7. The Kier molecular flexibility index (Phi) is 5.09. The molecule has 0 radical (unpaired) electrons. The summed E-state index contributed by atoms with van der Waals surface area (Å²) < 4.78 is 1.60. The van der Waals surface area contributed by atoms with Crippen LogP contribution >= 0.6 is 0 Å². The summed E-state index contributed by atoms with van der Waals surface area (Å²) in [7, 11) is 0. The van der Waals surface area contributed by atoms with Crippen LogP contribution in [0.3, 0.4) is 0 Å². The van der Waals surface area contributed by atoms with Gasteiger partial charge in [-0.2, -0.15) is 0 Å². The van der Waals surface area contributed by atoms with Crippen molar-refractivity contribution in [2.24, 2.45) is 0 Å². The van der Waals surface area contributed by atoms with Crippen molar-refractivity contribution in [3.05, 3.63) is 12.4 Å². The number of nitrogens with one attached hydrogen (secondary N) is 1. The van der Waals surface area contributed by atoms with Gasteiger partial charge in [-0.05, 0) is 12.8 Å². The van der Waals surface area contributed by atoms with Gasteiger partial charge in [0.05, 0.1) is 18.3 Å². The van der Waals surface area contributed by atoms with Crippen LogP contribution in [-0.4, -0.2) is 38.2 Å². The summed E-state index contributed by atoms with van der Waals surface area (Å²) in [6.45, 7) is 4.62. The van der Waals surface area contributed by atoms with Crippen molar-refractivity contribution in [3.8, 4) is 0 Å². The van der Waals surface area contributed by atoms with Crippen LogP contribution in [0.5, 0.6) is 0 Å². The zero-order valence-electron chi connectivity index (χ0n) is 10.4. The Morgan fingerprint density at radius 1 is 1.47 bits per heavy atom. The second-order valence-corrected chi connectivity index (χ2v) is 4.12. The Hall–Kier alpha value is -1.43. The maximum Gasteiger partial charge on any atom is 0.221 e. The van der Waals surface area contributed by atoms with Gasteiger partial charge < -0.3 is 10.4 Å². The summed E-state index contributed by atoms with van der Waals surface area (Å²) in [5, 5.41) is 20.1. The van der Waals surface area contributed by atoms with Gasteiger partial charge in [0.2, 0.25) is 5.91 Å². The fourth-order valence-corrected chi connectivity index (χ4v) is 1.42. The summed E-state index contributed by atoms with van der Waals surface area (Å²) in [6, 6.07) is 0. The molecule has 0 saturated carbocycles. The Bertz CT molecular complexity index is 333. The standard InChI is InChI=1S/C11H20N4O2/c1-3-11(17,4-2)9-12-10(16)5-7-15-8-6-13-14-15/h6,8,17H,3-5,7,9H2,1-2H3,(H,12,16). The molecule has 0 saturated heterocycles. The Labute approximate surface area is 101 Å². The number of aryl methyl sites for hydroxylation is 1. The highest BCUT2D eigenvalue weighted by Crippen LogP contribution is 2.12. The lowest BCUT2D eigenvalue weighted by atomic mass is 9.97. The Morgan fingerprint density at radius 2 is 2.18 bits per heavy atom. The van der Waals surface area contributed by atoms with Gasteiger partial charge in [0.25, 0.3) is 0 Å². The number of hydrogen-bond acceptors (Lipinski definition) is 4. The average Bonchev–Trinajstić information content (AvgIpc) is 2.86. The molecule has 1 amide bonds. The molecule has 6 nitrogen and oxygen atoms in total. The van der Waals surface area contributed by atoms with Crippen LogP contribution in [-0.2, 0) is 11.3 Å². The molecule has 0 aromatic carbocycles. The van der Waals surface area contributed by atoms with Gasteiger partial charge in [-0.15, -0.1) is 5.10 Å². The van der Waals surface area contributed by atoms with Gasteiger partial charge in [0.1, 0.15) is 0 Å². The fourth-order valence-electron chi connectivity index (χ4n) is 1.42. The summed E-state index contributed by atoms with van der Waals surface area (Å²) in [4.78, 5) is 11.5. The number of carbonyl (C=O) groups excluding carboxylic acids is 1. The SMILES string of the molecule is CCC(O)(CC)CNC(=O)CCn1ccnn1. The lowest BCUT2D eigenvalue weighted by Gasteiger charge is -2.25. The highest BCUT2D eigenvalue weighted by molar-refractivity contribution is 5.75. The summed E-state index contributed by atoms with van der Waals surface area (Å²) in [5.41, 5.74) is -0.789. The van der Waals surface area contributed by atoms with E-state index in [-0.39, 0.29) is 5.91 Å². The van der Waals surface area contributed by atoms with Crippen LogP contribution in [0.1, 0.15) is 33.1 Å². The van der Waals surface area contributed by atoms with Gasteiger partial charge in [0.15, 0.2) is 0 Å². The van der Waals surface area contributed by atoms with E-state index in [1.807, 2.05) is 13.8 Å². The van der Waals surface area contributed by atoms with Gasteiger partial charge in [-0.25, -0.2) is 0 Å². The third kappa shape index (κ3) is 4.52. The summed E-state index contributed by atoms with van der Waals surface area (Å²) in [5.74, 6) is -0.0826. The van der Waals surface area contributed by atoms with Gasteiger partial charge in [0, 0.05) is 19.2 Å². The predicted molar refractivity (Wildman–Crippen MR) is 63.2 cm³/mol. The van der Waals surface area contributed by atoms with Crippen molar-refractivity contribution in [3.63, 3.8) is 0 Å². The molecular formula is C11H20N4O2. The molecule has 0 aliphatic heterocycles. The first-order valence-corrected chi connectivity index (χ1v) is 5.93. The number of aliphatic hydroxyl groups is 1. The highest BCUT2D eigenvalue weighted by atomic mass is 16.3. The smallest absolute Gasteiger partial charge is 0.221 e. The minimum Gasteiger partial charge on any atom is -0.388 e. The number of aromatic nitrogens is 3. The molecule has 0 atom stereocenters. The van der Waals surface area contributed by atoms with E-state index in [1.165, 1.54) is 0 Å². The molecule has 0 bridgehead atoms. The van der Waals surface area contributed by atoms with Crippen LogP contribution in [0.4, 0.5) is 0 Å². The van der Waals surface area contributed by atoms with Crippen LogP contribution in [0, 0.1) is 0 Å². The first-order chi connectivity index (χ1) is 8.09. The first-order valence-electron chi connectivity index (χ1n) is 5.93. The van der Waals surface area contributed by atoms with E-state index in [0.717, 1.165) is 0 Å². The molecular weight excluding hydrogens is 220 g/mol. The van der Waals surface area contributed by atoms with Gasteiger partial charge in [-0.1, -0.05) is 19.1 Å². The average molecular weight is 240 g/mol. The van der Waals surface area contributed by atoms with Crippen LogP contribution in [0.2, 0.25) is 0 Å². The second kappa shape index (κ2) is 6.34. The largest absolute Gasteiger partial charge is 0.388 e. The number of carbonyl (C=O) groups is 1. The molecule has 0 fully saturated rings. The third-order valence-electron chi connectivity index (χ3n) is 2.97. The molecule has 0 unspecified atom stereocenters. The molecule has 96 valence electrons. The predicted octanol–water partition coefficient (Wildman–Crippen LogP) is 0.335. The summed E-state index contributed by atoms with van der Waals surface area (Å²) in [6.07, 6.45) is 4.89. The first kappa shape index (κ1) is 13.6. The van der Waals surface area contributed by atoms with Crippen LogP contribution < -0.4 is 5.32 Å². The molecule has 6 heteroatoms. The van der Waals surface area contributed by atoms with Crippen molar-refractivity contribution in [2.45, 2.75) is 45.3 Å².